The second-order valence-corrected chi connectivity index (χ2v) is 5.91. The summed E-state index contributed by atoms with van der Waals surface area (Å²) >= 11 is 0. The van der Waals surface area contributed by atoms with Crippen molar-refractivity contribution >= 4 is 5.91 Å². The number of hydroxylamine groups is 1. The van der Waals surface area contributed by atoms with Gasteiger partial charge in [0.15, 0.2) is 0 Å². The minimum atomic E-state index is -0.280. The molecule has 0 aliphatic heterocycles. The molecule has 3 nitrogen and oxygen atoms in total. The lowest BCUT2D eigenvalue weighted by Crippen LogP contribution is -2.29. The van der Waals surface area contributed by atoms with Crippen LogP contribution in [0, 0.1) is 17.8 Å². The third kappa shape index (κ3) is 3.14. The lowest BCUT2D eigenvalue weighted by atomic mass is 9.73. The summed E-state index contributed by atoms with van der Waals surface area (Å²) in [4.78, 5) is 11.4. The molecule has 0 aromatic heterocycles. The van der Waals surface area contributed by atoms with E-state index in [0.29, 0.717) is 0 Å². The molecule has 0 aromatic carbocycles. The second kappa shape index (κ2) is 6.37. The Bertz CT molecular complexity index is 318. The fraction of sp³-hybridized carbons (Fsp3) is 0.800. The van der Waals surface area contributed by atoms with Crippen LogP contribution in [0.1, 0.15) is 58.3 Å². The van der Waals surface area contributed by atoms with Crippen LogP contribution in [0.25, 0.3) is 0 Å². The summed E-state index contributed by atoms with van der Waals surface area (Å²) in [5.41, 5.74) is 2.96. The Morgan fingerprint density at radius 1 is 1.28 bits per heavy atom. The average Bonchev–Trinajstić information content (AvgIpc) is 2.47. The van der Waals surface area contributed by atoms with Gasteiger partial charge in [-0.3, -0.25) is 10.0 Å². The van der Waals surface area contributed by atoms with E-state index < -0.39 is 0 Å². The van der Waals surface area contributed by atoms with E-state index >= 15 is 0 Å². The highest BCUT2D eigenvalue weighted by atomic mass is 16.5. The normalized spacial score (nSPS) is 27.4. The molecule has 102 valence electrons. The van der Waals surface area contributed by atoms with E-state index in [0.717, 1.165) is 24.7 Å². The topological polar surface area (TPSA) is 49.3 Å². The van der Waals surface area contributed by atoms with Gasteiger partial charge in [-0.2, -0.15) is 0 Å². The molecule has 2 N–H and O–H groups in total. The van der Waals surface area contributed by atoms with Gasteiger partial charge < -0.3 is 0 Å². The molecule has 0 heterocycles. The zero-order chi connectivity index (χ0) is 13.0. The molecular formula is C15H25NO2. The quantitative estimate of drug-likeness (QED) is 0.458. The van der Waals surface area contributed by atoms with Crippen LogP contribution in [-0.4, -0.2) is 11.1 Å². The maximum atomic E-state index is 11.4. The van der Waals surface area contributed by atoms with Crippen molar-refractivity contribution < 1.29 is 10.0 Å². The van der Waals surface area contributed by atoms with Crippen molar-refractivity contribution in [1.82, 2.24) is 5.48 Å². The van der Waals surface area contributed by atoms with Crippen LogP contribution in [0.4, 0.5) is 0 Å². The monoisotopic (exact) mass is 251 g/mol. The van der Waals surface area contributed by atoms with E-state index in [1.165, 1.54) is 44.1 Å². The summed E-state index contributed by atoms with van der Waals surface area (Å²) in [6.45, 7) is 1.87. The van der Waals surface area contributed by atoms with Crippen molar-refractivity contribution in [2.24, 2.45) is 17.8 Å². The predicted octanol–water partition coefficient (Wildman–Crippen LogP) is 3.43. The number of amides is 1. The van der Waals surface area contributed by atoms with Crippen molar-refractivity contribution in [3.8, 4) is 0 Å². The van der Waals surface area contributed by atoms with Crippen LogP contribution in [-0.2, 0) is 4.79 Å². The molecule has 0 saturated heterocycles. The highest BCUT2D eigenvalue weighted by molar-refractivity contribution is 5.79. The van der Waals surface area contributed by atoms with Gasteiger partial charge in [-0.15, -0.1) is 0 Å². The minimum absolute atomic E-state index is 0.178. The van der Waals surface area contributed by atoms with Crippen LogP contribution in [0.5, 0.6) is 0 Å². The van der Waals surface area contributed by atoms with Gasteiger partial charge in [0.25, 0.3) is 0 Å². The Kier molecular flexibility index (Phi) is 4.81. The molecule has 2 unspecified atom stereocenters. The van der Waals surface area contributed by atoms with Crippen molar-refractivity contribution in [3.05, 3.63) is 11.6 Å². The third-order valence-corrected chi connectivity index (χ3v) is 4.86. The van der Waals surface area contributed by atoms with Crippen LogP contribution < -0.4 is 5.48 Å². The third-order valence-electron chi connectivity index (χ3n) is 4.86. The van der Waals surface area contributed by atoms with E-state index in [1.807, 2.05) is 6.92 Å². The molecule has 3 heteroatoms. The van der Waals surface area contributed by atoms with Crippen LogP contribution in [0.15, 0.2) is 11.6 Å². The molecule has 18 heavy (non-hydrogen) atoms. The Morgan fingerprint density at radius 2 is 2.00 bits per heavy atom. The second-order valence-electron chi connectivity index (χ2n) is 5.91. The molecular weight excluding hydrogens is 226 g/mol. The summed E-state index contributed by atoms with van der Waals surface area (Å²) in [7, 11) is 0. The molecule has 0 bridgehead atoms. The largest absolute Gasteiger partial charge is 0.289 e. The Labute approximate surface area is 110 Å². The Hall–Kier alpha value is -0.830. The predicted molar refractivity (Wildman–Crippen MR) is 71.1 cm³/mol. The SMILES string of the molecule is CC(C(=O)NO)C1=CCC(C2CCCCC2)CC1. The number of hydrogen-bond acceptors (Lipinski definition) is 2. The van der Waals surface area contributed by atoms with Crippen molar-refractivity contribution in [3.63, 3.8) is 0 Å². The number of allylic oxidation sites excluding steroid dienone is 1. The molecule has 0 aromatic rings. The van der Waals surface area contributed by atoms with E-state index in [2.05, 4.69) is 6.08 Å². The highest BCUT2D eigenvalue weighted by Crippen LogP contribution is 2.38. The van der Waals surface area contributed by atoms with E-state index in [-0.39, 0.29) is 11.8 Å². The number of carbonyl (C=O) groups is 1. The Balaban J connectivity index is 1.88. The molecule has 0 spiro atoms. The molecule has 2 atom stereocenters. The fourth-order valence-corrected chi connectivity index (χ4v) is 3.57. The van der Waals surface area contributed by atoms with Gasteiger partial charge in [-0.25, -0.2) is 5.48 Å². The first-order chi connectivity index (χ1) is 8.72. The molecule has 1 saturated carbocycles. The summed E-state index contributed by atoms with van der Waals surface area (Å²) in [6.07, 6.45) is 12.7. The fourth-order valence-electron chi connectivity index (χ4n) is 3.57. The highest BCUT2D eigenvalue weighted by Gasteiger charge is 2.27. The smallest absolute Gasteiger partial charge is 0.250 e. The first kappa shape index (κ1) is 13.6. The summed E-state index contributed by atoms with van der Waals surface area (Å²) in [5.74, 6) is 1.29. The van der Waals surface area contributed by atoms with Crippen molar-refractivity contribution in [1.29, 1.82) is 0 Å². The molecule has 0 radical (unpaired) electrons. The molecule has 2 aliphatic carbocycles. The Morgan fingerprint density at radius 3 is 2.56 bits per heavy atom. The number of hydrogen-bond donors (Lipinski definition) is 2. The average molecular weight is 251 g/mol. The summed E-state index contributed by atoms with van der Waals surface area (Å²) < 4.78 is 0. The summed E-state index contributed by atoms with van der Waals surface area (Å²) in [5, 5.41) is 8.66. The number of carbonyl (C=O) groups excluding carboxylic acids is 1. The maximum Gasteiger partial charge on any atom is 0.250 e. The van der Waals surface area contributed by atoms with E-state index in [1.54, 1.807) is 5.48 Å². The van der Waals surface area contributed by atoms with Gasteiger partial charge in [0.05, 0.1) is 5.92 Å². The van der Waals surface area contributed by atoms with E-state index in [4.69, 9.17) is 5.21 Å². The van der Waals surface area contributed by atoms with Crippen LogP contribution in [0.3, 0.4) is 0 Å². The van der Waals surface area contributed by atoms with Crippen molar-refractivity contribution in [2.75, 3.05) is 0 Å². The van der Waals surface area contributed by atoms with Gasteiger partial charge in [0, 0.05) is 0 Å². The van der Waals surface area contributed by atoms with Gasteiger partial charge in [0.2, 0.25) is 5.91 Å². The number of rotatable bonds is 3. The lowest BCUT2D eigenvalue weighted by molar-refractivity contribution is -0.131. The molecule has 1 amide bonds. The van der Waals surface area contributed by atoms with E-state index in [9.17, 15) is 4.79 Å². The minimum Gasteiger partial charge on any atom is -0.289 e. The van der Waals surface area contributed by atoms with Gasteiger partial charge in [-0.05, 0) is 38.0 Å². The first-order valence-corrected chi connectivity index (χ1v) is 7.35. The zero-order valence-electron chi connectivity index (χ0n) is 11.3. The van der Waals surface area contributed by atoms with Gasteiger partial charge in [0.1, 0.15) is 0 Å². The van der Waals surface area contributed by atoms with Crippen molar-refractivity contribution in [2.45, 2.75) is 58.3 Å². The zero-order valence-corrected chi connectivity index (χ0v) is 11.3. The summed E-state index contributed by atoms with van der Waals surface area (Å²) in [6, 6.07) is 0. The van der Waals surface area contributed by atoms with Gasteiger partial charge >= 0.3 is 0 Å². The molecule has 2 rings (SSSR count). The van der Waals surface area contributed by atoms with Crippen LogP contribution >= 0.6 is 0 Å². The molecule has 2 aliphatic rings. The number of nitrogens with one attached hydrogen (secondary N) is 1. The van der Waals surface area contributed by atoms with Crippen LogP contribution in [0.2, 0.25) is 0 Å². The maximum absolute atomic E-state index is 11.4. The van der Waals surface area contributed by atoms with Gasteiger partial charge in [-0.1, -0.05) is 43.8 Å². The standard InChI is InChI=1S/C15H25NO2/c1-11(15(17)16-18)12-7-9-14(10-8-12)13-5-3-2-4-6-13/h7,11,13-14,18H,2-6,8-10H2,1H3,(H,16,17). The lowest BCUT2D eigenvalue weighted by Gasteiger charge is -2.33. The molecule has 1 fully saturated rings. The first-order valence-electron chi connectivity index (χ1n) is 7.35.